The molecule has 1 heterocycles. The van der Waals surface area contributed by atoms with Crippen LogP contribution >= 0.6 is 0 Å². The van der Waals surface area contributed by atoms with Gasteiger partial charge in [0.1, 0.15) is 0 Å². The van der Waals surface area contributed by atoms with E-state index in [4.69, 9.17) is 14.9 Å². The number of hydrogen-bond donors (Lipinski definition) is 2. The Kier molecular flexibility index (Phi) is 40.3. The van der Waals surface area contributed by atoms with Crippen molar-refractivity contribution in [3.63, 3.8) is 0 Å². The normalized spacial score (nSPS) is 12.3. The van der Waals surface area contributed by atoms with Crippen molar-refractivity contribution in [2.45, 2.75) is 12.8 Å². The van der Waals surface area contributed by atoms with E-state index in [2.05, 4.69) is 17.9 Å². The largest absolute Gasteiger partial charge is 0.394 e. The van der Waals surface area contributed by atoms with Crippen LogP contribution in [0.5, 0.6) is 0 Å². The first-order chi connectivity index (χ1) is 6.83. The number of aliphatic hydroxyl groups is 2. The fourth-order valence-electron chi connectivity index (χ4n) is 0.510. The van der Waals surface area contributed by atoms with Crippen LogP contribution in [0.2, 0.25) is 0 Å². The first kappa shape index (κ1) is 19.2. The average Bonchev–Trinajstić information content (AvgIpc) is 2.80. The molecule has 0 spiro atoms. The smallest absolute Gasteiger partial charge is 0.0662 e. The Bertz CT molecular complexity index is 55.5. The summed E-state index contributed by atoms with van der Waals surface area (Å²) in [5.74, 6) is 0. The molecule has 14 heavy (non-hydrogen) atoms. The molecule has 1 aliphatic rings. The summed E-state index contributed by atoms with van der Waals surface area (Å²) in [6, 6.07) is 0. The van der Waals surface area contributed by atoms with Crippen LogP contribution in [0.1, 0.15) is 12.8 Å². The zero-order valence-corrected chi connectivity index (χ0v) is 9.37. The minimum atomic E-state index is -0.125. The molecule has 2 N–H and O–H groups in total. The second kappa shape index (κ2) is 29.4. The van der Waals surface area contributed by atoms with E-state index in [-0.39, 0.29) is 13.2 Å². The van der Waals surface area contributed by atoms with E-state index in [9.17, 15) is 0 Å². The van der Waals surface area contributed by atoms with Gasteiger partial charge in [0.05, 0.1) is 13.2 Å². The maximum absolute atomic E-state index is 7.62. The van der Waals surface area contributed by atoms with Gasteiger partial charge in [-0.3, -0.25) is 0 Å². The van der Waals surface area contributed by atoms with Crippen LogP contribution in [0.25, 0.3) is 0 Å². The molecule has 1 saturated heterocycles. The third kappa shape index (κ3) is 41.6. The highest BCUT2D eigenvalue weighted by atomic mass is 16.5. The predicted molar refractivity (Wildman–Crippen MR) is 58.4 cm³/mol. The lowest BCUT2D eigenvalue weighted by molar-refractivity contribution is 0.186. The minimum Gasteiger partial charge on any atom is -0.394 e. The van der Waals surface area contributed by atoms with E-state index in [1.54, 1.807) is 14.2 Å². The summed E-state index contributed by atoms with van der Waals surface area (Å²) in [4.78, 5) is 0. The van der Waals surface area contributed by atoms with Crippen LogP contribution in [0.3, 0.4) is 0 Å². The van der Waals surface area contributed by atoms with Crippen molar-refractivity contribution in [3.05, 3.63) is 13.2 Å². The summed E-state index contributed by atoms with van der Waals surface area (Å²) in [6.45, 7) is 7.75. The van der Waals surface area contributed by atoms with E-state index in [1.807, 2.05) is 0 Å². The van der Waals surface area contributed by atoms with Gasteiger partial charge in [-0.2, -0.15) is 0 Å². The van der Waals surface area contributed by atoms with Gasteiger partial charge in [0.15, 0.2) is 0 Å². The zero-order valence-electron chi connectivity index (χ0n) is 9.37. The van der Waals surface area contributed by atoms with Crippen molar-refractivity contribution >= 4 is 0 Å². The van der Waals surface area contributed by atoms with Crippen LogP contribution < -0.4 is 0 Å². The quantitative estimate of drug-likeness (QED) is 0.627. The number of aliphatic hydroxyl groups excluding tert-OH is 2. The molecule has 0 bridgehead atoms. The summed E-state index contributed by atoms with van der Waals surface area (Å²) >= 11 is 0. The summed E-state index contributed by atoms with van der Waals surface area (Å²) < 4.78 is 9.19. The molecule has 88 valence electrons. The molecule has 4 heteroatoms. The van der Waals surface area contributed by atoms with Gasteiger partial charge in [0.2, 0.25) is 0 Å². The number of methoxy groups -OCH3 is 1. The zero-order chi connectivity index (χ0) is 11.7. The van der Waals surface area contributed by atoms with Gasteiger partial charge in [0.25, 0.3) is 0 Å². The Morgan fingerprint density at radius 3 is 1.43 bits per heavy atom. The molecule has 0 saturated carbocycles. The van der Waals surface area contributed by atoms with Gasteiger partial charge < -0.3 is 19.7 Å². The molecule has 0 aromatic rings. The molecule has 0 unspecified atom stereocenters. The van der Waals surface area contributed by atoms with Gasteiger partial charge in [-0.15, -0.1) is 13.2 Å². The van der Waals surface area contributed by atoms with E-state index >= 15 is 0 Å². The number of rotatable bonds is 1. The Balaban J connectivity index is -0.000000123. The van der Waals surface area contributed by atoms with Crippen molar-refractivity contribution < 1.29 is 19.7 Å². The molecule has 0 aromatic heterocycles. The summed E-state index contributed by atoms with van der Waals surface area (Å²) in [5, 5.41) is 15.2. The molecule has 0 aromatic carbocycles. The summed E-state index contributed by atoms with van der Waals surface area (Å²) in [5.41, 5.74) is 0. The summed E-state index contributed by atoms with van der Waals surface area (Å²) in [6.07, 6.45) is 2.56. The lowest BCUT2D eigenvalue weighted by atomic mass is 10.4. The molecule has 0 atom stereocenters. The topological polar surface area (TPSA) is 58.9 Å². The van der Waals surface area contributed by atoms with Crippen molar-refractivity contribution in [2.24, 2.45) is 0 Å². The third-order valence-electron chi connectivity index (χ3n) is 0.927. The Morgan fingerprint density at radius 2 is 1.36 bits per heavy atom. The fourth-order valence-corrected chi connectivity index (χ4v) is 0.510. The number of ether oxygens (including phenoxy) is 2. The molecule has 4 nitrogen and oxygen atoms in total. The van der Waals surface area contributed by atoms with Crippen LogP contribution in [0.15, 0.2) is 13.2 Å². The maximum atomic E-state index is 7.62. The van der Waals surface area contributed by atoms with Gasteiger partial charge in [-0.05, 0) is 12.8 Å². The lowest BCUT2D eigenvalue weighted by Crippen LogP contribution is -1.85. The van der Waals surface area contributed by atoms with Gasteiger partial charge in [-0.1, -0.05) is 0 Å². The Labute approximate surface area is 87.2 Å². The van der Waals surface area contributed by atoms with Crippen molar-refractivity contribution in [1.82, 2.24) is 0 Å². The Hall–Kier alpha value is -0.420. The van der Waals surface area contributed by atoms with Crippen molar-refractivity contribution in [2.75, 3.05) is 40.6 Å². The van der Waals surface area contributed by atoms with E-state index < -0.39 is 0 Å². The maximum Gasteiger partial charge on any atom is 0.0662 e. The highest BCUT2D eigenvalue weighted by Crippen LogP contribution is 1.98. The first-order valence-corrected chi connectivity index (χ1v) is 4.53. The highest BCUT2D eigenvalue weighted by Gasteiger charge is 1.94. The predicted octanol–water partition coefficient (Wildman–Crippen LogP) is 0.833. The molecule has 1 aliphatic heterocycles. The molecular formula is C10H24O4. The van der Waals surface area contributed by atoms with E-state index in [1.165, 1.54) is 12.8 Å². The first-order valence-electron chi connectivity index (χ1n) is 4.53. The SMILES string of the molecule is C1CCOC1.C=C.COC.OCCO. The molecule has 1 fully saturated rings. The number of hydrogen-bond acceptors (Lipinski definition) is 4. The molecule has 0 aliphatic carbocycles. The molecule has 0 amide bonds. The highest BCUT2D eigenvalue weighted by molar-refractivity contribution is 4.43. The van der Waals surface area contributed by atoms with Crippen molar-refractivity contribution in [3.8, 4) is 0 Å². The molecule has 1 rings (SSSR count). The Morgan fingerprint density at radius 1 is 1.07 bits per heavy atom. The molecule has 0 radical (unpaired) electrons. The van der Waals surface area contributed by atoms with Gasteiger partial charge in [0, 0.05) is 27.4 Å². The lowest BCUT2D eigenvalue weighted by Gasteiger charge is -1.76. The second-order valence-electron chi connectivity index (χ2n) is 2.17. The van der Waals surface area contributed by atoms with E-state index in [0.29, 0.717) is 0 Å². The monoisotopic (exact) mass is 208 g/mol. The minimum absolute atomic E-state index is 0.125. The third-order valence-corrected chi connectivity index (χ3v) is 0.927. The van der Waals surface area contributed by atoms with E-state index in [0.717, 1.165) is 13.2 Å². The summed E-state index contributed by atoms with van der Waals surface area (Å²) in [7, 11) is 3.25. The standard InChI is InChI=1S/C4H8O.C2H6O2.C2H6O.C2H4/c1-2-4-5-3-1;3-1-2-4;1-3-2;1-2/h1-4H2;3-4H,1-2H2;1-2H3;1-2H2. The van der Waals surface area contributed by atoms with Crippen LogP contribution in [-0.4, -0.2) is 50.9 Å². The van der Waals surface area contributed by atoms with Crippen LogP contribution in [0.4, 0.5) is 0 Å². The van der Waals surface area contributed by atoms with Gasteiger partial charge in [-0.25, -0.2) is 0 Å². The van der Waals surface area contributed by atoms with Gasteiger partial charge >= 0.3 is 0 Å². The average molecular weight is 208 g/mol. The van der Waals surface area contributed by atoms with Crippen molar-refractivity contribution in [1.29, 1.82) is 0 Å². The van der Waals surface area contributed by atoms with Crippen LogP contribution in [0, 0.1) is 0 Å². The van der Waals surface area contributed by atoms with Crippen LogP contribution in [-0.2, 0) is 9.47 Å². The fraction of sp³-hybridized carbons (Fsp3) is 0.800. The molecular weight excluding hydrogens is 184 g/mol. The second-order valence-corrected chi connectivity index (χ2v) is 2.17.